The van der Waals surface area contributed by atoms with Crippen LogP contribution in [0.2, 0.25) is 5.15 Å². The van der Waals surface area contributed by atoms with Crippen molar-refractivity contribution in [3.05, 3.63) is 82.9 Å². The molecule has 0 N–H and O–H groups in total. The van der Waals surface area contributed by atoms with Crippen LogP contribution >= 0.6 is 11.6 Å². The SMILES string of the molecule is CCOC(=O)c1nn(-c2ccccc2)cc1/C=C/C(=O)c1ccnc(Cl)c1. The molecule has 0 spiro atoms. The van der Waals surface area contributed by atoms with Crippen LogP contribution in [0, 0.1) is 0 Å². The van der Waals surface area contributed by atoms with Crippen LogP contribution < -0.4 is 0 Å². The summed E-state index contributed by atoms with van der Waals surface area (Å²) in [6.45, 7) is 1.95. The van der Waals surface area contributed by atoms with Gasteiger partial charge < -0.3 is 4.74 Å². The molecule has 0 fully saturated rings. The van der Waals surface area contributed by atoms with E-state index in [1.54, 1.807) is 23.9 Å². The third-order valence-corrected chi connectivity index (χ3v) is 3.86. The molecule has 0 radical (unpaired) electrons. The molecule has 0 atom stereocenters. The molecule has 0 unspecified atom stereocenters. The maximum absolute atomic E-state index is 12.3. The molecular formula is C20H16ClN3O3. The maximum Gasteiger partial charge on any atom is 0.359 e. The van der Waals surface area contributed by atoms with E-state index < -0.39 is 5.97 Å². The average Bonchev–Trinajstić information content (AvgIpc) is 3.11. The standard InChI is InChI=1S/C20H16ClN3O3/c1-2-27-20(26)19-15(13-24(23-19)16-6-4-3-5-7-16)8-9-17(25)14-10-11-22-18(21)12-14/h3-13H,2H2,1H3/b9-8+. The highest BCUT2D eigenvalue weighted by Gasteiger charge is 2.17. The molecule has 2 heterocycles. The highest BCUT2D eigenvalue weighted by atomic mass is 35.5. The zero-order chi connectivity index (χ0) is 19.2. The Hall–Kier alpha value is -3.25. The molecule has 0 aliphatic carbocycles. The molecule has 0 saturated heterocycles. The van der Waals surface area contributed by atoms with Crippen LogP contribution in [-0.4, -0.2) is 33.1 Å². The van der Waals surface area contributed by atoms with Crippen molar-refractivity contribution in [2.24, 2.45) is 0 Å². The molecule has 0 aliphatic heterocycles. The van der Waals surface area contributed by atoms with Crippen LogP contribution in [-0.2, 0) is 4.74 Å². The molecule has 27 heavy (non-hydrogen) atoms. The molecule has 3 rings (SSSR count). The van der Waals surface area contributed by atoms with Gasteiger partial charge >= 0.3 is 5.97 Å². The highest BCUT2D eigenvalue weighted by molar-refractivity contribution is 6.29. The normalized spacial score (nSPS) is 10.9. The van der Waals surface area contributed by atoms with E-state index in [-0.39, 0.29) is 23.2 Å². The van der Waals surface area contributed by atoms with Crippen LogP contribution in [0.1, 0.15) is 33.3 Å². The van der Waals surface area contributed by atoms with Gasteiger partial charge in [-0.2, -0.15) is 5.10 Å². The van der Waals surface area contributed by atoms with E-state index in [1.807, 2.05) is 30.3 Å². The highest BCUT2D eigenvalue weighted by Crippen LogP contribution is 2.16. The van der Waals surface area contributed by atoms with Gasteiger partial charge in [-0.1, -0.05) is 29.8 Å². The number of esters is 1. The van der Waals surface area contributed by atoms with Gasteiger partial charge in [-0.15, -0.1) is 0 Å². The quantitative estimate of drug-likeness (QED) is 0.279. The van der Waals surface area contributed by atoms with Crippen molar-refractivity contribution < 1.29 is 14.3 Å². The monoisotopic (exact) mass is 381 g/mol. The summed E-state index contributed by atoms with van der Waals surface area (Å²) < 4.78 is 6.63. The number of para-hydroxylation sites is 1. The number of ether oxygens (including phenoxy) is 1. The summed E-state index contributed by atoms with van der Waals surface area (Å²) in [4.78, 5) is 28.4. The van der Waals surface area contributed by atoms with E-state index in [0.29, 0.717) is 11.1 Å². The molecule has 3 aromatic rings. The van der Waals surface area contributed by atoms with Gasteiger partial charge in [0.25, 0.3) is 0 Å². The van der Waals surface area contributed by atoms with Crippen molar-refractivity contribution >= 4 is 29.4 Å². The minimum Gasteiger partial charge on any atom is -0.461 e. The van der Waals surface area contributed by atoms with Gasteiger partial charge in [-0.25, -0.2) is 14.5 Å². The van der Waals surface area contributed by atoms with Gasteiger partial charge in [0, 0.05) is 23.5 Å². The lowest BCUT2D eigenvalue weighted by molar-refractivity contribution is 0.0518. The molecule has 0 aliphatic rings. The zero-order valence-corrected chi connectivity index (χ0v) is 15.3. The zero-order valence-electron chi connectivity index (χ0n) is 14.5. The topological polar surface area (TPSA) is 74.1 Å². The lowest BCUT2D eigenvalue weighted by Crippen LogP contribution is -2.08. The number of hydrogen-bond donors (Lipinski definition) is 0. The van der Waals surface area contributed by atoms with E-state index in [2.05, 4.69) is 10.1 Å². The minimum absolute atomic E-state index is 0.137. The first-order valence-corrected chi connectivity index (χ1v) is 8.62. The molecule has 6 nitrogen and oxygen atoms in total. The fraction of sp³-hybridized carbons (Fsp3) is 0.100. The van der Waals surface area contributed by atoms with Crippen molar-refractivity contribution in [3.63, 3.8) is 0 Å². The van der Waals surface area contributed by atoms with Gasteiger partial charge in [-0.05, 0) is 43.3 Å². The van der Waals surface area contributed by atoms with Gasteiger partial charge in [-0.3, -0.25) is 4.79 Å². The van der Waals surface area contributed by atoms with Gasteiger partial charge in [0.1, 0.15) is 5.15 Å². The van der Waals surface area contributed by atoms with E-state index in [1.165, 1.54) is 24.4 Å². The number of hydrogen-bond acceptors (Lipinski definition) is 5. The third kappa shape index (κ3) is 4.48. The third-order valence-electron chi connectivity index (χ3n) is 3.66. The Bertz CT molecular complexity index is 997. The Labute approximate surface area is 161 Å². The summed E-state index contributed by atoms with van der Waals surface area (Å²) >= 11 is 5.82. The van der Waals surface area contributed by atoms with Crippen LogP contribution in [0.4, 0.5) is 0 Å². The van der Waals surface area contributed by atoms with E-state index in [0.717, 1.165) is 5.69 Å². The Morgan fingerprint density at radius 1 is 1.22 bits per heavy atom. The number of benzene rings is 1. The van der Waals surface area contributed by atoms with Gasteiger partial charge in [0.15, 0.2) is 11.5 Å². The van der Waals surface area contributed by atoms with E-state index in [9.17, 15) is 9.59 Å². The fourth-order valence-corrected chi connectivity index (χ4v) is 2.57. The van der Waals surface area contributed by atoms with Crippen molar-refractivity contribution in [2.75, 3.05) is 6.61 Å². The van der Waals surface area contributed by atoms with Crippen LogP contribution in [0.15, 0.2) is 60.9 Å². The second-order valence-corrected chi connectivity index (χ2v) is 5.89. The lowest BCUT2D eigenvalue weighted by atomic mass is 10.1. The number of carbonyl (C=O) groups excluding carboxylic acids is 2. The molecule has 7 heteroatoms. The Morgan fingerprint density at radius 2 is 2.00 bits per heavy atom. The number of pyridine rings is 1. The first-order valence-electron chi connectivity index (χ1n) is 8.24. The number of halogens is 1. The molecule has 136 valence electrons. The number of nitrogens with zero attached hydrogens (tertiary/aromatic N) is 3. The average molecular weight is 382 g/mol. The maximum atomic E-state index is 12.3. The van der Waals surface area contributed by atoms with E-state index in [4.69, 9.17) is 16.3 Å². The number of carbonyl (C=O) groups is 2. The van der Waals surface area contributed by atoms with Crippen molar-refractivity contribution in [2.45, 2.75) is 6.92 Å². The Morgan fingerprint density at radius 3 is 2.70 bits per heavy atom. The molecule has 0 bridgehead atoms. The second-order valence-electron chi connectivity index (χ2n) is 5.50. The van der Waals surface area contributed by atoms with Crippen LogP contribution in [0.5, 0.6) is 0 Å². The summed E-state index contributed by atoms with van der Waals surface area (Å²) in [6, 6.07) is 12.4. The van der Waals surface area contributed by atoms with Gasteiger partial charge in [0.05, 0.1) is 12.3 Å². The molecular weight excluding hydrogens is 366 g/mol. The first-order chi connectivity index (χ1) is 13.1. The second kappa shape index (κ2) is 8.42. The number of rotatable bonds is 6. The largest absolute Gasteiger partial charge is 0.461 e. The Kier molecular flexibility index (Phi) is 5.78. The van der Waals surface area contributed by atoms with Crippen LogP contribution in [0.25, 0.3) is 11.8 Å². The van der Waals surface area contributed by atoms with E-state index >= 15 is 0 Å². The number of ketones is 1. The summed E-state index contributed by atoms with van der Waals surface area (Å²) in [7, 11) is 0. The van der Waals surface area contributed by atoms with Crippen molar-refractivity contribution in [1.29, 1.82) is 0 Å². The summed E-state index contributed by atoms with van der Waals surface area (Å²) in [5.74, 6) is -0.812. The predicted molar refractivity (Wildman–Crippen MR) is 102 cm³/mol. The molecule has 1 aromatic carbocycles. The lowest BCUT2D eigenvalue weighted by Gasteiger charge is -2.00. The van der Waals surface area contributed by atoms with Crippen LogP contribution in [0.3, 0.4) is 0 Å². The number of allylic oxidation sites excluding steroid dienone is 1. The number of aromatic nitrogens is 3. The van der Waals surface area contributed by atoms with Crippen molar-refractivity contribution in [3.8, 4) is 5.69 Å². The minimum atomic E-state index is -0.550. The summed E-state index contributed by atoms with van der Waals surface area (Å²) in [6.07, 6.45) is 6.03. The van der Waals surface area contributed by atoms with Gasteiger partial charge in [0.2, 0.25) is 0 Å². The molecule has 2 aromatic heterocycles. The predicted octanol–water partition coefficient (Wildman–Crippen LogP) is 3.99. The summed E-state index contributed by atoms with van der Waals surface area (Å²) in [5.41, 5.74) is 1.80. The molecule has 0 amide bonds. The molecule has 0 saturated carbocycles. The fourth-order valence-electron chi connectivity index (χ4n) is 2.40. The first kappa shape index (κ1) is 18.5. The summed E-state index contributed by atoms with van der Waals surface area (Å²) in [5, 5.41) is 4.55. The van der Waals surface area contributed by atoms with Crippen molar-refractivity contribution in [1.82, 2.24) is 14.8 Å². The Balaban J connectivity index is 1.94. The smallest absolute Gasteiger partial charge is 0.359 e.